The molecule has 4 rings (SSSR count). The predicted molar refractivity (Wildman–Crippen MR) is 125 cm³/mol. The van der Waals surface area contributed by atoms with E-state index in [0.717, 1.165) is 16.8 Å². The van der Waals surface area contributed by atoms with Crippen LogP contribution in [0.4, 0.5) is 5.82 Å². The first-order chi connectivity index (χ1) is 15.3. The van der Waals surface area contributed by atoms with Gasteiger partial charge in [-0.15, -0.1) is 0 Å². The van der Waals surface area contributed by atoms with E-state index in [9.17, 15) is 4.79 Å². The number of rotatable bonds is 6. The average Bonchev–Trinajstić information content (AvgIpc) is 3.52. The average molecular weight is 433 g/mol. The van der Waals surface area contributed by atoms with Gasteiger partial charge in [0.05, 0.1) is 25.0 Å². The number of ether oxygens (including phenoxy) is 1. The quantitative estimate of drug-likeness (QED) is 0.706. The van der Waals surface area contributed by atoms with E-state index >= 15 is 0 Å². The number of aryl methyl sites for hydroxylation is 1. The summed E-state index contributed by atoms with van der Waals surface area (Å²) in [5, 5.41) is 0. The Morgan fingerprint density at radius 2 is 2.16 bits per heavy atom. The fraction of sp³-hybridized carbons (Fsp3) is 0.375. The Hall–Kier alpha value is -3.55. The fourth-order valence-electron chi connectivity index (χ4n) is 4.16. The summed E-state index contributed by atoms with van der Waals surface area (Å²) in [7, 11) is 3.41. The Morgan fingerprint density at radius 1 is 1.38 bits per heavy atom. The van der Waals surface area contributed by atoms with E-state index in [4.69, 9.17) is 20.4 Å². The van der Waals surface area contributed by atoms with Crippen molar-refractivity contribution in [1.82, 2.24) is 14.9 Å². The van der Waals surface area contributed by atoms with Crippen LogP contribution < -0.4 is 10.5 Å². The van der Waals surface area contributed by atoms with Crippen molar-refractivity contribution < 1.29 is 9.53 Å². The first-order valence-electron chi connectivity index (χ1n) is 10.6. The summed E-state index contributed by atoms with van der Waals surface area (Å²) in [6.07, 6.45) is 7.74. The number of hydrogen-bond acceptors (Lipinski definition) is 7. The SMILES string of the molecule is C/C=C/N=C[C@H](C)c1cnc(N)c([C@]23CC2N(C)C(=O)C(c2cc(C)cc(OC)c2)=N3)n1. The first-order valence-corrected chi connectivity index (χ1v) is 10.6. The molecule has 1 aromatic carbocycles. The summed E-state index contributed by atoms with van der Waals surface area (Å²) in [5.74, 6) is 0.853. The van der Waals surface area contributed by atoms with Crippen LogP contribution in [0.5, 0.6) is 5.75 Å². The summed E-state index contributed by atoms with van der Waals surface area (Å²) in [4.78, 5) is 33.3. The zero-order chi connectivity index (χ0) is 23.0. The lowest BCUT2D eigenvalue weighted by atomic mass is 10.0. The third-order valence-electron chi connectivity index (χ3n) is 6.00. The molecule has 2 aromatic rings. The second kappa shape index (κ2) is 8.18. The van der Waals surface area contributed by atoms with Crippen molar-refractivity contribution in [1.29, 1.82) is 0 Å². The van der Waals surface area contributed by atoms with Gasteiger partial charge in [0.2, 0.25) is 0 Å². The molecule has 2 heterocycles. The maximum Gasteiger partial charge on any atom is 0.272 e. The molecular weight excluding hydrogens is 404 g/mol. The number of allylic oxidation sites excluding steroid dienone is 1. The predicted octanol–water partition coefficient (Wildman–Crippen LogP) is 3.01. The van der Waals surface area contributed by atoms with Crippen LogP contribution in [-0.2, 0) is 10.3 Å². The minimum atomic E-state index is -0.692. The van der Waals surface area contributed by atoms with Crippen molar-refractivity contribution in [3.8, 4) is 5.75 Å². The largest absolute Gasteiger partial charge is 0.497 e. The van der Waals surface area contributed by atoms with Gasteiger partial charge in [-0.05, 0) is 37.6 Å². The monoisotopic (exact) mass is 432 g/mol. The summed E-state index contributed by atoms with van der Waals surface area (Å²) >= 11 is 0. The number of methoxy groups -OCH3 is 1. The second-order valence-corrected chi connectivity index (χ2v) is 8.36. The highest BCUT2D eigenvalue weighted by atomic mass is 16.5. The van der Waals surface area contributed by atoms with Crippen LogP contribution in [0.15, 0.2) is 46.7 Å². The van der Waals surface area contributed by atoms with Crippen LogP contribution in [-0.4, -0.2) is 52.9 Å². The van der Waals surface area contributed by atoms with Crippen LogP contribution in [0, 0.1) is 6.92 Å². The number of nitrogen functional groups attached to an aromatic ring is 1. The molecule has 0 bridgehead atoms. The number of nitrogens with zero attached hydrogens (tertiary/aromatic N) is 5. The molecule has 8 heteroatoms. The number of benzene rings is 1. The van der Waals surface area contributed by atoms with Crippen molar-refractivity contribution >= 4 is 23.7 Å². The van der Waals surface area contributed by atoms with Crippen molar-refractivity contribution in [2.75, 3.05) is 19.9 Å². The molecular formula is C24H28N6O2. The second-order valence-electron chi connectivity index (χ2n) is 8.36. The molecule has 0 saturated heterocycles. The molecule has 32 heavy (non-hydrogen) atoms. The van der Waals surface area contributed by atoms with E-state index in [1.54, 1.807) is 31.5 Å². The Morgan fingerprint density at radius 3 is 2.88 bits per heavy atom. The van der Waals surface area contributed by atoms with Gasteiger partial charge in [0, 0.05) is 37.4 Å². The molecule has 0 spiro atoms. The highest BCUT2D eigenvalue weighted by molar-refractivity contribution is 6.46. The molecule has 1 fully saturated rings. The molecule has 0 radical (unpaired) electrons. The summed E-state index contributed by atoms with van der Waals surface area (Å²) in [6.45, 7) is 5.88. The number of amides is 1. The molecule has 8 nitrogen and oxygen atoms in total. The van der Waals surface area contributed by atoms with Crippen LogP contribution in [0.3, 0.4) is 0 Å². The first kappa shape index (κ1) is 21.7. The van der Waals surface area contributed by atoms with E-state index < -0.39 is 5.54 Å². The smallest absolute Gasteiger partial charge is 0.272 e. The van der Waals surface area contributed by atoms with Gasteiger partial charge in [-0.2, -0.15) is 0 Å². The van der Waals surface area contributed by atoms with Crippen LogP contribution >= 0.6 is 0 Å². The van der Waals surface area contributed by atoms with Crippen molar-refractivity contribution in [2.45, 2.75) is 44.7 Å². The molecule has 2 aliphatic rings. The van der Waals surface area contributed by atoms with Gasteiger partial charge in [0.1, 0.15) is 28.5 Å². The van der Waals surface area contributed by atoms with Gasteiger partial charge in [-0.3, -0.25) is 14.8 Å². The lowest BCUT2D eigenvalue weighted by molar-refractivity contribution is -0.124. The lowest BCUT2D eigenvalue weighted by Gasteiger charge is -2.28. The Balaban J connectivity index is 1.80. The lowest BCUT2D eigenvalue weighted by Crippen LogP contribution is -2.43. The maximum absolute atomic E-state index is 13.1. The number of carbonyl (C=O) groups excluding carboxylic acids is 1. The van der Waals surface area contributed by atoms with Gasteiger partial charge < -0.3 is 15.4 Å². The topological polar surface area (TPSA) is 106 Å². The number of likely N-dealkylation sites (N-methyl/N-ethyl adjacent to an activating group) is 1. The van der Waals surface area contributed by atoms with Crippen LogP contribution in [0.25, 0.3) is 0 Å². The van der Waals surface area contributed by atoms with E-state index in [0.29, 0.717) is 29.4 Å². The number of nitrogens with two attached hydrogens (primary N) is 1. The zero-order valence-corrected chi connectivity index (χ0v) is 19.0. The van der Waals surface area contributed by atoms with Crippen molar-refractivity contribution in [3.63, 3.8) is 0 Å². The fourth-order valence-corrected chi connectivity index (χ4v) is 4.16. The third kappa shape index (κ3) is 3.66. The van der Waals surface area contributed by atoms with Crippen molar-refractivity contribution in [2.24, 2.45) is 9.98 Å². The zero-order valence-electron chi connectivity index (χ0n) is 19.0. The minimum absolute atomic E-state index is 0.0425. The summed E-state index contributed by atoms with van der Waals surface area (Å²) in [6, 6.07) is 5.60. The van der Waals surface area contributed by atoms with Gasteiger partial charge >= 0.3 is 0 Å². The Labute approximate surface area is 188 Å². The van der Waals surface area contributed by atoms with E-state index in [1.165, 1.54) is 0 Å². The summed E-state index contributed by atoms with van der Waals surface area (Å²) in [5.41, 5.74) is 9.05. The number of fused-ring (bicyclic) bond motifs is 1. The molecule has 1 amide bonds. The normalized spacial score (nSPS) is 23.4. The van der Waals surface area contributed by atoms with E-state index in [1.807, 2.05) is 51.3 Å². The molecule has 1 saturated carbocycles. The standard InChI is InChI=1S/C24H28N6O2/c1-6-7-26-12-15(3)18-13-27-22(25)21(28-18)24-11-19(24)30(4)23(31)20(29-24)16-8-14(2)9-17(10-16)32-5/h6-10,12-13,15,19H,11H2,1-5H3,(H2,25,27)/b7-6+,26-12?/t15-,19?,24-/m0/s1. The van der Waals surface area contributed by atoms with Crippen LogP contribution in [0.1, 0.15) is 48.7 Å². The van der Waals surface area contributed by atoms with Crippen LogP contribution in [0.2, 0.25) is 0 Å². The Bertz CT molecular complexity index is 1160. The molecule has 1 aromatic heterocycles. The molecule has 1 aliphatic carbocycles. The number of aliphatic imine (C=N–C) groups is 2. The molecule has 166 valence electrons. The number of carbonyl (C=O) groups is 1. The van der Waals surface area contributed by atoms with Gasteiger partial charge in [-0.25, -0.2) is 9.97 Å². The minimum Gasteiger partial charge on any atom is -0.497 e. The Kier molecular flexibility index (Phi) is 5.54. The number of hydrogen-bond donors (Lipinski definition) is 1. The van der Waals surface area contributed by atoms with Gasteiger partial charge in [0.25, 0.3) is 5.91 Å². The molecule has 2 N–H and O–H groups in total. The van der Waals surface area contributed by atoms with E-state index in [2.05, 4.69) is 9.98 Å². The van der Waals surface area contributed by atoms with Crippen molar-refractivity contribution in [3.05, 3.63) is 59.2 Å². The molecule has 1 unspecified atom stereocenters. The maximum atomic E-state index is 13.1. The highest BCUT2D eigenvalue weighted by Gasteiger charge is 2.64. The molecule has 1 aliphatic heterocycles. The number of aromatic nitrogens is 2. The summed E-state index contributed by atoms with van der Waals surface area (Å²) < 4.78 is 5.40. The molecule has 3 atom stereocenters. The third-order valence-corrected chi connectivity index (χ3v) is 6.00. The number of anilines is 1. The van der Waals surface area contributed by atoms with Gasteiger partial charge in [-0.1, -0.05) is 13.0 Å². The van der Waals surface area contributed by atoms with Gasteiger partial charge in [0.15, 0.2) is 0 Å². The van der Waals surface area contributed by atoms with E-state index in [-0.39, 0.29) is 17.9 Å². The highest BCUT2D eigenvalue weighted by Crippen LogP contribution is 2.55.